The molecule has 0 saturated heterocycles. The Kier molecular flexibility index (Phi) is 6.39. The molecule has 0 atom stereocenters. The fourth-order valence-corrected chi connectivity index (χ4v) is 3.19. The summed E-state index contributed by atoms with van der Waals surface area (Å²) < 4.78 is 20.3. The van der Waals surface area contributed by atoms with E-state index >= 15 is 0 Å². The molecule has 0 unspecified atom stereocenters. The average molecular weight is 459 g/mol. The summed E-state index contributed by atoms with van der Waals surface area (Å²) in [5.41, 5.74) is 2.11. The van der Waals surface area contributed by atoms with Gasteiger partial charge in [-0.15, -0.1) is 0 Å². The first-order chi connectivity index (χ1) is 14.0. The summed E-state index contributed by atoms with van der Waals surface area (Å²) in [5.74, 6) is 0.832. The van der Waals surface area contributed by atoms with Crippen molar-refractivity contribution in [3.63, 3.8) is 0 Å². The molecule has 0 spiro atoms. The number of furan rings is 2. The van der Waals surface area contributed by atoms with Gasteiger partial charge in [-0.05, 0) is 31.2 Å². The lowest BCUT2D eigenvalue weighted by atomic mass is 10.1. The number of hydrogen-bond acceptors (Lipinski definition) is 6. The van der Waals surface area contributed by atoms with Crippen molar-refractivity contribution >= 4 is 49.8 Å². The van der Waals surface area contributed by atoms with E-state index in [1.807, 2.05) is 43.3 Å². The fourth-order valence-electron chi connectivity index (χ4n) is 2.92. The first-order valence-electron chi connectivity index (χ1n) is 8.71. The van der Waals surface area contributed by atoms with Crippen LogP contribution in [0.5, 0.6) is 0 Å². The highest BCUT2D eigenvalue weighted by atomic mass is 79.9. The molecule has 7 heteroatoms. The Bertz CT molecular complexity index is 1170. The molecule has 4 aromatic rings. The highest BCUT2D eigenvalue weighted by Gasteiger charge is 2.14. The minimum absolute atomic E-state index is 0.370. The highest BCUT2D eigenvalue weighted by molar-refractivity contribution is 9.08. The molecule has 6 nitrogen and oxygen atoms in total. The van der Waals surface area contributed by atoms with Crippen molar-refractivity contribution < 1.29 is 27.9 Å². The van der Waals surface area contributed by atoms with E-state index in [-0.39, 0.29) is 11.9 Å². The number of fused-ring (bicyclic) bond motifs is 2. The molecule has 29 heavy (non-hydrogen) atoms. The van der Waals surface area contributed by atoms with Gasteiger partial charge in [0.05, 0.1) is 19.5 Å². The minimum Gasteiger partial charge on any atom is -0.465 e. The van der Waals surface area contributed by atoms with Gasteiger partial charge in [0.2, 0.25) is 0 Å². The van der Waals surface area contributed by atoms with Crippen LogP contribution in [0.2, 0.25) is 0 Å². The topological polar surface area (TPSA) is 78.9 Å². The monoisotopic (exact) mass is 458 g/mol. The van der Waals surface area contributed by atoms with Crippen LogP contribution in [0.4, 0.5) is 0 Å². The smallest absolute Gasteiger partial charge is 0.341 e. The number of hydrogen-bond donors (Lipinski definition) is 0. The number of aryl methyl sites for hydroxylation is 1. The van der Waals surface area contributed by atoms with E-state index in [1.165, 1.54) is 14.2 Å². The molecule has 0 bridgehead atoms. The average Bonchev–Trinajstić information content (AvgIpc) is 3.34. The Morgan fingerprint density at radius 3 is 1.90 bits per heavy atom. The molecule has 0 N–H and O–H groups in total. The van der Waals surface area contributed by atoms with Crippen LogP contribution in [0.25, 0.3) is 21.9 Å². The first kappa shape index (κ1) is 20.7. The number of rotatable bonds is 3. The maximum atomic E-state index is 11.4. The van der Waals surface area contributed by atoms with E-state index in [1.54, 1.807) is 12.1 Å². The molecule has 0 fully saturated rings. The summed E-state index contributed by atoms with van der Waals surface area (Å²) in [6.07, 6.45) is 0. The first-order valence-corrected chi connectivity index (χ1v) is 9.83. The van der Waals surface area contributed by atoms with Crippen molar-refractivity contribution in [2.75, 3.05) is 14.2 Å². The summed E-state index contributed by atoms with van der Waals surface area (Å²) in [6.45, 7) is 1.85. The van der Waals surface area contributed by atoms with Crippen LogP contribution < -0.4 is 0 Å². The molecular formula is C22H19BrO6. The molecule has 2 aromatic heterocycles. The third-order valence-electron chi connectivity index (χ3n) is 4.20. The van der Waals surface area contributed by atoms with Gasteiger partial charge in [0.15, 0.2) is 0 Å². The van der Waals surface area contributed by atoms with Crippen LogP contribution in [0.3, 0.4) is 0 Å². The second kappa shape index (κ2) is 8.96. The summed E-state index contributed by atoms with van der Waals surface area (Å²) in [4.78, 5) is 22.8. The number of esters is 2. The largest absolute Gasteiger partial charge is 0.465 e. The second-order valence-corrected chi connectivity index (χ2v) is 6.70. The van der Waals surface area contributed by atoms with Gasteiger partial charge in [-0.2, -0.15) is 0 Å². The molecule has 0 aliphatic carbocycles. The number of methoxy groups -OCH3 is 2. The van der Waals surface area contributed by atoms with E-state index in [0.29, 0.717) is 27.6 Å². The number of ether oxygens (including phenoxy) is 2. The SMILES string of the molecule is COC(=O)c1cccc2cc(C)oc12.COC(=O)c1cccc2cc(CBr)oc12. The third-order valence-corrected chi connectivity index (χ3v) is 4.76. The molecule has 0 aliphatic rings. The fraction of sp³-hybridized carbons (Fsp3) is 0.182. The number of para-hydroxylation sites is 2. The molecule has 0 saturated carbocycles. The molecule has 4 rings (SSSR count). The Balaban J connectivity index is 0.000000166. The van der Waals surface area contributed by atoms with Crippen molar-refractivity contribution in [3.05, 3.63) is 71.2 Å². The zero-order chi connectivity index (χ0) is 21.0. The quantitative estimate of drug-likeness (QED) is 0.291. The number of alkyl halides is 1. The standard InChI is InChI=1S/C11H9BrO3.C11H10O3/c1-14-11(13)9-4-2-3-7-5-8(6-12)15-10(7)9;1-7-6-8-4-3-5-9(10(8)14-7)11(12)13-2/h2-5H,6H2,1H3;3-6H,1-2H3. The molecule has 0 aliphatic heterocycles. The van der Waals surface area contributed by atoms with E-state index in [2.05, 4.69) is 25.4 Å². The molecular weight excluding hydrogens is 440 g/mol. The summed E-state index contributed by atoms with van der Waals surface area (Å²) in [6, 6.07) is 14.6. The summed E-state index contributed by atoms with van der Waals surface area (Å²) >= 11 is 3.30. The number of benzene rings is 2. The Morgan fingerprint density at radius 2 is 1.38 bits per heavy atom. The van der Waals surface area contributed by atoms with Gasteiger partial charge in [0.1, 0.15) is 33.8 Å². The number of carbonyl (C=O) groups excluding carboxylic acids is 2. The van der Waals surface area contributed by atoms with Crippen molar-refractivity contribution in [1.82, 2.24) is 0 Å². The van der Waals surface area contributed by atoms with Crippen molar-refractivity contribution in [1.29, 1.82) is 0 Å². The zero-order valence-corrected chi connectivity index (χ0v) is 17.7. The maximum absolute atomic E-state index is 11.4. The van der Waals surface area contributed by atoms with Gasteiger partial charge in [-0.1, -0.05) is 40.2 Å². The summed E-state index contributed by atoms with van der Waals surface area (Å²) in [7, 11) is 2.71. The molecule has 0 amide bonds. The van der Waals surface area contributed by atoms with Gasteiger partial charge in [-0.25, -0.2) is 9.59 Å². The van der Waals surface area contributed by atoms with Crippen LogP contribution in [-0.2, 0) is 14.8 Å². The third kappa shape index (κ3) is 4.35. The van der Waals surface area contributed by atoms with Gasteiger partial charge >= 0.3 is 11.9 Å². The van der Waals surface area contributed by atoms with Gasteiger partial charge in [-0.3, -0.25) is 0 Å². The van der Waals surface area contributed by atoms with Crippen molar-refractivity contribution in [3.8, 4) is 0 Å². The van der Waals surface area contributed by atoms with E-state index in [0.717, 1.165) is 22.3 Å². The van der Waals surface area contributed by atoms with Gasteiger partial charge < -0.3 is 18.3 Å². The van der Waals surface area contributed by atoms with Crippen LogP contribution in [0, 0.1) is 6.92 Å². The molecule has 2 aromatic carbocycles. The number of carbonyl (C=O) groups is 2. The van der Waals surface area contributed by atoms with Gasteiger partial charge in [0, 0.05) is 10.8 Å². The van der Waals surface area contributed by atoms with Crippen LogP contribution in [0.15, 0.2) is 57.4 Å². The Labute approximate surface area is 175 Å². The van der Waals surface area contributed by atoms with Crippen LogP contribution in [0.1, 0.15) is 32.2 Å². The second-order valence-electron chi connectivity index (χ2n) is 6.13. The van der Waals surface area contributed by atoms with E-state index in [9.17, 15) is 9.59 Å². The normalized spacial score (nSPS) is 10.5. The van der Waals surface area contributed by atoms with Crippen molar-refractivity contribution in [2.24, 2.45) is 0 Å². The van der Waals surface area contributed by atoms with Crippen LogP contribution in [-0.4, -0.2) is 26.2 Å². The summed E-state index contributed by atoms with van der Waals surface area (Å²) in [5, 5.41) is 2.46. The lowest BCUT2D eigenvalue weighted by molar-refractivity contribution is 0.0592. The van der Waals surface area contributed by atoms with E-state index in [4.69, 9.17) is 8.83 Å². The van der Waals surface area contributed by atoms with Crippen molar-refractivity contribution in [2.45, 2.75) is 12.3 Å². The maximum Gasteiger partial charge on any atom is 0.341 e. The zero-order valence-electron chi connectivity index (χ0n) is 16.2. The molecule has 2 heterocycles. The Hall–Kier alpha value is -3.06. The lowest BCUT2D eigenvalue weighted by Crippen LogP contribution is -2.00. The molecule has 0 radical (unpaired) electrons. The molecule has 150 valence electrons. The van der Waals surface area contributed by atoms with Gasteiger partial charge in [0.25, 0.3) is 0 Å². The predicted molar refractivity (Wildman–Crippen MR) is 112 cm³/mol. The predicted octanol–water partition coefficient (Wildman–Crippen LogP) is 5.64. The minimum atomic E-state index is -0.379. The highest BCUT2D eigenvalue weighted by Crippen LogP contribution is 2.25. The van der Waals surface area contributed by atoms with E-state index < -0.39 is 0 Å². The number of halogens is 1. The Morgan fingerprint density at radius 1 is 0.862 bits per heavy atom. The van der Waals surface area contributed by atoms with Crippen LogP contribution >= 0.6 is 15.9 Å². The lowest BCUT2D eigenvalue weighted by Gasteiger charge is -1.98.